The fourth-order valence-electron chi connectivity index (χ4n) is 2.26. The van der Waals surface area contributed by atoms with Gasteiger partial charge in [0.25, 0.3) is 10.0 Å². The number of aromatic nitrogens is 4. The number of hydrogen-bond acceptors (Lipinski definition) is 5. The first kappa shape index (κ1) is 12.4. The van der Waals surface area contributed by atoms with Gasteiger partial charge in [-0.15, -0.1) is 0 Å². The van der Waals surface area contributed by atoms with Gasteiger partial charge in [0.1, 0.15) is 4.90 Å². The molecule has 8 heteroatoms. The van der Waals surface area contributed by atoms with E-state index in [2.05, 4.69) is 15.5 Å². The molecule has 0 aliphatic carbocycles. The Labute approximate surface area is 111 Å². The smallest absolute Gasteiger partial charge is 0.286 e. The lowest BCUT2D eigenvalue weighted by Gasteiger charge is -2.04. The zero-order valence-electron chi connectivity index (χ0n) is 10.8. The molecule has 0 radical (unpaired) electrons. The first-order valence-electron chi connectivity index (χ1n) is 6.10. The standard InChI is InChI=1S/C11H15N5O2S/c1-3-15-8(2)11(6-13-15)19(17,18)16-7-9-4-12-5-10(9)14-16/h6-7,12H,3-5H2,1-2H3. The molecule has 0 amide bonds. The first-order chi connectivity index (χ1) is 9.04. The highest BCUT2D eigenvalue weighted by molar-refractivity contribution is 7.89. The molecule has 1 aliphatic rings. The summed E-state index contributed by atoms with van der Waals surface area (Å²) < 4.78 is 27.7. The van der Waals surface area contributed by atoms with E-state index in [0.29, 0.717) is 25.3 Å². The Morgan fingerprint density at radius 1 is 1.42 bits per heavy atom. The number of fused-ring (bicyclic) bond motifs is 1. The molecule has 2 aromatic heterocycles. The Morgan fingerprint density at radius 3 is 2.84 bits per heavy atom. The minimum atomic E-state index is -3.64. The summed E-state index contributed by atoms with van der Waals surface area (Å²) in [4.78, 5) is 0.212. The monoisotopic (exact) mass is 281 g/mol. The maximum Gasteiger partial charge on any atom is 0.286 e. The van der Waals surface area contributed by atoms with Gasteiger partial charge in [0.2, 0.25) is 0 Å². The normalized spacial score (nSPS) is 14.8. The lowest BCUT2D eigenvalue weighted by Crippen LogP contribution is -2.16. The molecular weight excluding hydrogens is 266 g/mol. The maximum absolute atomic E-state index is 12.5. The predicted octanol–water partition coefficient (Wildman–Crippen LogP) is 0.248. The third-order valence-corrected chi connectivity index (χ3v) is 4.98. The average Bonchev–Trinajstić information content (AvgIpc) is 3.00. The highest BCUT2D eigenvalue weighted by Crippen LogP contribution is 2.20. The highest BCUT2D eigenvalue weighted by Gasteiger charge is 2.26. The van der Waals surface area contributed by atoms with Crippen LogP contribution in [0.4, 0.5) is 0 Å². The summed E-state index contributed by atoms with van der Waals surface area (Å²) in [5.41, 5.74) is 2.37. The summed E-state index contributed by atoms with van der Waals surface area (Å²) in [5, 5.41) is 11.3. The third kappa shape index (κ3) is 1.79. The van der Waals surface area contributed by atoms with E-state index in [1.165, 1.54) is 6.20 Å². The van der Waals surface area contributed by atoms with Gasteiger partial charge in [0.05, 0.1) is 17.6 Å². The summed E-state index contributed by atoms with van der Waals surface area (Å²) in [5.74, 6) is 0. The minimum absolute atomic E-state index is 0.212. The van der Waals surface area contributed by atoms with Crippen molar-refractivity contribution < 1.29 is 8.42 Å². The van der Waals surface area contributed by atoms with Crippen LogP contribution >= 0.6 is 0 Å². The van der Waals surface area contributed by atoms with E-state index < -0.39 is 10.0 Å². The van der Waals surface area contributed by atoms with Crippen molar-refractivity contribution in [3.05, 3.63) is 29.3 Å². The molecule has 0 spiro atoms. The van der Waals surface area contributed by atoms with E-state index in [4.69, 9.17) is 0 Å². The maximum atomic E-state index is 12.5. The van der Waals surface area contributed by atoms with Crippen LogP contribution in [0.2, 0.25) is 0 Å². The predicted molar refractivity (Wildman–Crippen MR) is 68.0 cm³/mol. The minimum Gasteiger partial charge on any atom is -0.307 e. The van der Waals surface area contributed by atoms with Crippen LogP contribution < -0.4 is 5.32 Å². The van der Waals surface area contributed by atoms with Gasteiger partial charge in [0.15, 0.2) is 0 Å². The summed E-state index contributed by atoms with van der Waals surface area (Å²) in [6, 6.07) is 0. The fourth-order valence-corrected chi connectivity index (χ4v) is 3.59. The van der Waals surface area contributed by atoms with Crippen LogP contribution in [0.5, 0.6) is 0 Å². The molecule has 0 atom stereocenters. The second kappa shape index (κ2) is 4.17. The van der Waals surface area contributed by atoms with Gasteiger partial charge in [-0.25, -0.2) is 0 Å². The lowest BCUT2D eigenvalue weighted by atomic mass is 10.3. The van der Waals surface area contributed by atoms with Crippen molar-refractivity contribution in [1.29, 1.82) is 0 Å². The van der Waals surface area contributed by atoms with E-state index in [1.54, 1.807) is 17.8 Å². The summed E-state index contributed by atoms with van der Waals surface area (Å²) in [6.07, 6.45) is 2.96. The molecule has 19 heavy (non-hydrogen) atoms. The van der Waals surface area contributed by atoms with E-state index in [0.717, 1.165) is 15.3 Å². The number of hydrogen-bond donors (Lipinski definition) is 1. The molecule has 0 saturated carbocycles. The van der Waals surface area contributed by atoms with E-state index in [-0.39, 0.29) is 4.90 Å². The van der Waals surface area contributed by atoms with Crippen molar-refractivity contribution in [1.82, 2.24) is 24.3 Å². The second-order valence-corrected chi connectivity index (χ2v) is 6.26. The van der Waals surface area contributed by atoms with Crippen LogP contribution in [0.15, 0.2) is 17.3 Å². The molecule has 102 valence electrons. The van der Waals surface area contributed by atoms with Gasteiger partial charge in [0, 0.05) is 31.4 Å². The Hall–Kier alpha value is -1.67. The number of nitrogens with zero attached hydrogens (tertiary/aromatic N) is 4. The van der Waals surface area contributed by atoms with Crippen molar-refractivity contribution >= 4 is 10.0 Å². The number of nitrogens with one attached hydrogen (secondary N) is 1. The van der Waals surface area contributed by atoms with Crippen molar-refractivity contribution in [3.63, 3.8) is 0 Å². The topological polar surface area (TPSA) is 81.8 Å². The molecule has 7 nitrogen and oxygen atoms in total. The number of rotatable bonds is 3. The molecule has 2 aromatic rings. The molecule has 1 N–H and O–H groups in total. The van der Waals surface area contributed by atoms with E-state index in [9.17, 15) is 8.42 Å². The van der Waals surface area contributed by atoms with E-state index >= 15 is 0 Å². The SMILES string of the molecule is CCn1ncc(S(=O)(=O)n2cc3c(n2)CNC3)c1C. The third-order valence-electron chi connectivity index (χ3n) is 3.35. The molecule has 0 aromatic carbocycles. The van der Waals surface area contributed by atoms with Crippen LogP contribution in [0.25, 0.3) is 0 Å². The summed E-state index contributed by atoms with van der Waals surface area (Å²) >= 11 is 0. The Morgan fingerprint density at radius 2 is 2.21 bits per heavy atom. The largest absolute Gasteiger partial charge is 0.307 e. The summed E-state index contributed by atoms with van der Waals surface area (Å²) in [6.45, 7) is 5.59. The zero-order valence-corrected chi connectivity index (χ0v) is 11.6. The van der Waals surface area contributed by atoms with Gasteiger partial charge in [-0.3, -0.25) is 4.68 Å². The fraction of sp³-hybridized carbons (Fsp3) is 0.455. The zero-order chi connectivity index (χ0) is 13.6. The quantitative estimate of drug-likeness (QED) is 0.872. The Balaban J connectivity index is 2.08. The van der Waals surface area contributed by atoms with Crippen LogP contribution in [0.3, 0.4) is 0 Å². The molecule has 0 fully saturated rings. The van der Waals surface area contributed by atoms with Crippen molar-refractivity contribution in [2.45, 2.75) is 38.4 Å². The van der Waals surface area contributed by atoms with Crippen LogP contribution in [-0.2, 0) is 29.7 Å². The van der Waals surface area contributed by atoms with Gasteiger partial charge < -0.3 is 5.32 Å². The Bertz CT molecular complexity index is 707. The van der Waals surface area contributed by atoms with Crippen LogP contribution in [0.1, 0.15) is 23.9 Å². The van der Waals surface area contributed by atoms with Gasteiger partial charge in [-0.1, -0.05) is 0 Å². The highest BCUT2D eigenvalue weighted by atomic mass is 32.2. The summed E-state index contributed by atoms with van der Waals surface area (Å²) in [7, 11) is -3.64. The molecule has 0 saturated heterocycles. The Kier molecular flexibility index (Phi) is 2.72. The second-order valence-electron chi connectivity index (χ2n) is 4.49. The van der Waals surface area contributed by atoms with Crippen LogP contribution in [-0.4, -0.2) is 27.4 Å². The first-order valence-corrected chi connectivity index (χ1v) is 7.54. The molecular formula is C11H15N5O2S. The van der Waals surface area contributed by atoms with Crippen molar-refractivity contribution in [3.8, 4) is 0 Å². The van der Waals surface area contributed by atoms with Gasteiger partial charge in [-0.05, 0) is 13.8 Å². The average molecular weight is 281 g/mol. The van der Waals surface area contributed by atoms with Crippen molar-refractivity contribution in [2.24, 2.45) is 0 Å². The lowest BCUT2D eigenvalue weighted by molar-refractivity contribution is 0.575. The molecule has 3 heterocycles. The van der Waals surface area contributed by atoms with Gasteiger partial charge >= 0.3 is 0 Å². The van der Waals surface area contributed by atoms with Crippen molar-refractivity contribution in [2.75, 3.05) is 0 Å². The number of aryl methyl sites for hydroxylation is 1. The molecule has 3 rings (SSSR count). The molecule has 0 unspecified atom stereocenters. The molecule has 0 bridgehead atoms. The van der Waals surface area contributed by atoms with Crippen LogP contribution in [0, 0.1) is 6.92 Å². The van der Waals surface area contributed by atoms with Gasteiger partial charge in [-0.2, -0.15) is 22.7 Å². The molecule has 1 aliphatic heterocycles. The van der Waals surface area contributed by atoms with E-state index in [1.807, 2.05) is 6.92 Å².